The van der Waals surface area contributed by atoms with Crippen LogP contribution in [0.4, 0.5) is 5.69 Å². The number of methoxy groups -OCH3 is 1. The van der Waals surface area contributed by atoms with E-state index >= 15 is 0 Å². The Labute approximate surface area is 151 Å². The number of nitrogen functional groups attached to an aromatic ring is 1. The maximum atomic E-state index is 12.6. The molecule has 8 heteroatoms. The van der Waals surface area contributed by atoms with Crippen LogP contribution in [0.5, 0.6) is 5.75 Å². The van der Waals surface area contributed by atoms with Crippen molar-refractivity contribution in [3.63, 3.8) is 0 Å². The van der Waals surface area contributed by atoms with E-state index in [0.717, 1.165) is 25.9 Å². The Morgan fingerprint density at radius 2 is 2.28 bits per heavy atom. The Hall–Kier alpha value is -1.64. The van der Waals surface area contributed by atoms with Crippen LogP contribution in [0.3, 0.4) is 0 Å². The molecule has 0 spiro atoms. The number of nitrogens with two attached hydrogens (primary N) is 1. The van der Waals surface area contributed by atoms with Crippen LogP contribution in [0.15, 0.2) is 12.1 Å². The molecule has 0 aromatic heterocycles. The molecular formula is C17H26N3O4S-. The highest BCUT2D eigenvalue weighted by atomic mass is 32.2. The molecule has 1 fully saturated rings. The summed E-state index contributed by atoms with van der Waals surface area (Å²) >= 11 is -2.32. The third kappa shape index (κ3) is 4.50. The number of nitrogens with one attached hydrogen (secondary N) is 1. The summed E-state index contributed by atoms with van der Waals surface area (Å²) in [5, 5.41) is 2.14. The van der Waals surface area contributed by atoms with Crippen molar-refractivity contribution in [2.75, 3.05) is 32.5 Å². The van der Waals surface area contributed by atoms with Gasteiger partial charge in [0.25, 0.3) is 5.91 Å². The van der Waals surface area contributed by atoms with Crippen molar-refractivity contribution in [1.82, 2.24) is 10.2 Å². The summed E-state index contributed by atoms with van der Waals surface area (Å²) in [7, 11) is 1.45. The molecule has 0 radical (unpaired) electrons. The number of hydrogen-bond donors (Lipinski definition) is 2. The molecule has 1 aliphatic rings. The summed E-state index contributed by atoms with van der Waals surface area (Å²) in [5.74, 6) is 0.0475. The lowest BCUT2D eigenvalue weighted by atomic mass is 10.0. The monoisotopic (exact) mass is 368 g/mol. The molecule has 140 valence electrons. The molecule has 1 amide bonds. The Kier molecular flexibility index (Phi) is 6.80. The summed E-state index contributed by atoms with van der Waals surface area (Å²) in [6.45, 7) is 6.21. The first-order valence-electron chi connectivity index (χ1n) is 8.46. The minimum atomic E-state index is -2.32. The molecule has 25 heavy (non-hydrogen) atoms. The Morgan fingerprint density at radius 1 is 1.56 bits per heavy atom. The summed E-state index contributed by atoms with van der Waals surface area (Å²) in [5.41, 5.74) is 6.91. The number of ether oxygens (including phenoxy) is 1. The molecule has 0 aliphatic carbocycles. The van der Waals surface area contributed by atoms with Gasteiger partial charge in [-0.05, 0) is 55.6 Å². The zero-order chi connectivity index (χ0) is 18.6. The average Bonchev–Trinajstić information content (AvgIpc) is 3.06. The second kappa shape index (κ2) is 8.64. The van der Waals surface area contributed by atoms with Gasteiger partial charge in [-0.3, -0.25) is 13.9 Å². The van der Waals surface area contributed by atoms with Gasteiger partial charge in [0.05, 0.1) is 12.7 Å². The molecule has 0 bridgehead atoms. The van der Waals surface area contributed by atoms with E-state index < -0.39 is 16.3 Å². The molecule has 3 atom stereocenters. The van der Waals surface area contributed by atoms with Crippen molar-refractivity contribution < 1.29 is 18.3 Å². The number of carbonyl (C=O) groups is 1. The number of hydrogen-bond acceptors (Lipinski definition) is 6. The third-order valence-electron chi connectivity index (χ3n) is 4.78. The highest BCUT2D eigenvalue weighted by Gasteiger charge is 2.24. The van der Waals surface area contributed by atoms with E-state index in [0.29, 0.717) is 29.5 Å². The molecule has 1 heterocycles. The van der Waals surface area contributed by atoms with E-state index in [-0.39, 0.29) is 11.6 Å². The topological polar surface area (TPSA) is 108 Å². The molecule has 1 unspecified atom stereocenters. The average molecular weight is 368 g/mol. The number of nitrogens with zero attached hydrogens (tertiary/aromatic N) is 1. The first kappa shape index (κ1) is 19.7. The van der Waals surface area contributed by atoms with Crippen molar-refractivity contribution in [1.29, 1.82) is 0 Å². The van der Waals surface area contributed by atoms with E-state index in [2.05, 4.69) is 17.1 Å². The normalized spacial score (nSPS) is 20.2. The minimum absolute atomic E-state index is 0.287. The van der Waals surface area contributed by atoms with Crippen LogP contribution in [0.25, 0.3) is 0 Å². The van der Waals surface area contributed by atoms with E-state index in [1.54, 1.807) is 0 Å². The molecule has 7 nitrogen and oxygen atoms in total. The summed E-state index contributed by atoms with van der Waals surface area (Å²) in [6, 6.07) is 3.35. The standard InChI is InChI=1S/C17H27N3O4S/c1-4-20-7-5-6-12(20)10-19-17(21)14-8-13(11(2)25(22)23)15(18)9-16(14)24-3/h8-9,11-12H,4-7,10,18H2,1-3H3,(H,19,21)(H,22,23)/p-1/t11-,12-/m0/s1. The van der Waals surface area contributed by atoms with Crippen molar-refractivity contribution in [3.8, 4) is 5.75 Å². The molecule has 2 rings (SSSR count). The maximum Gasteiger partial charge on any atom is 0.255 e. The first-order chi connectivity index (χ1) is 11.9. The maximum absolute atomic E-state index is 12.6. The van der Waals surface area contributed by atoms with Crippen LogP contribution in [0.2, 0.25) is 0 Å². The number of anilines is 1. The van der Waals surface area contributed by atoms with Crippen molar-refractivity contribution >= 4 is 22.7 Å². The number of rotatable bonds is 7. The van der Waals surface area contributed by atoms with E-state index in [4.69, 9.17) is 10.5 Å². The van der Waals surface area contributed by atoms with Gasteiger partial charge < -0.3 is 20.3 Å². The summed E-state index contributed by atoms with van der Waals surface area (Å²) in [4.78, 5) is 15.0. The van der Waals surface area contributed by atoms with E-state index in [1.165, 1.54) is 26.2 Å². The van der Waals surface area contributed by atoms with Gasteiger partial charge in [-0.25, -0.2) is 0 Å². The SMILES string of the molecule is CCN1CCC[C@H]1CNC(=O)c1cc([C@H](C)S(=O)[O-])c(N)cc1OC. The molecule has 1 saturated heterocycles. The number of amides is 1. The van der Waals surface area contributed by atoms with Gasteiger partial charge in [0.15, 0.2) is 0 Å². The molecule has 3 N–H and O–H groups in total. The van der Waals surface area contributed by atoms with Gasteiger partial charge in [0.2, 0.25) is 0 Å². The van der Waals surface area contributed by atoms with Crippen molar-refractivity contribution in [2.45, 2.75) is 38.0 Å². The molecule has 1 aromatic rings. The highest BCUT2D eigenvalue weighted by molar-refractivity contribution is 7.79. The van der Waals surface area contributed by atoms with E-state index in [9.17, 15) is 13.6 Å². The van der Waals surface area contributed by atoms with Gasteiger partial charge in [0, 0.05) is 29.6 Å². The number of benzene rings is 1. The zero-order valence-corrected chi connectivity index (χ0v) is 15.7. The summed E-state index contributed by atoms with van der Waals surface area (Å²) < 4.78 is 27.8. The first-order valence-corrected chi connectivity index (χ1v) is 9.60. The van der Waals surface area contributed by atoms with Gasteiger partial charge in [0.1, 0.15) is 5.75 Å². The van der Waals surface area contributed by atoms with Crippen molar-refractivity contribution in [3.05, 3.63) is 23.3 Å². The largest absolute Gasteiger partial charge is 0.772 e. The predicted octanol–water partition coefficient (Wildman–Crippen LogP) is 1.43. The van der Waals surface area contributed by atoms with Crippen LogP contribution in [-0.2, 0) is 11.1 Å². The van der Waals surface area contributed by atoms with Crippen LogP contribution in [0.1, 0.15) is 47.9 Å². The Morgan fingerprint density at radius 3 is 2.88 bits per heavy atom. The number of likely N-dealkylation sites (N-methyl/N-ethyl adjacent to an activating group) is 1. The number of likely N-dealkylation sites (tertiary alicyclic amines) is 1. The molecule has 1 aliphatic heterocycles. The smallest absolute Gasteiger partial charge is 0.255 e. The zero-order valence-electron chi connectivity index (χ0n) is 14.9. The fourth-order valence-corrected chi connectivity index (χ4v) is 3.67. The lowest BCUT2D eigenvalue weighted by Crippen LogP contribution is -2.40. The van der Waals surface area contributed by atoms with Gasteiger partial charge in [-0.15, -0.1) is 0 Å². The highest BCUT2D eigenvalue weighted by Crippen LogP contribution is 2.31. The Bertz CT molecular complexity index is 653. The molecular weight excluding hydrogens is 342 g/mol. The van der Waals surface area contributed by atoms with Gasteiger partial charge >= 0.3 is 0 Å². The van der Waals surface area contributed by atoms with Gasteiger partial charge in [-0.2, -0.15) is 0 Å². The quantitative estimate of drug-likeness (QED) is 0.557. The van der Waals surface area contributed by atoms with Crippen molar-refractivity contribution in [2.24, 2.45) is 0 Å². The molecule has 0 saturated carbocycles. The molecule has 1 aromatic carbocycles. The predicted molar refractivity (Wildman–Crippen MR) is 97.3 cm³/mol. The van der Waals surface area contributed by atoms with Crippen LogP contribution in [-0.4, -0.2) is 52.4 Å². The van der Waals surface area contributed by atoms with Gasteiger partial charge in [-0.1, -0.05) is 6.92 Å². The second-order valence-electron chi connectivity index (χ2n) is 6.22. The third-order valence-corrected chi connectivity index (χ3v) is 5.61. The van der Waals surface area contributed by atoms with Crippen LogP contribution in [0, 0.1) is 0 Å². The fraction of sp³-hybridized carbons (Fsp3) is 0.588. The van der Waals surface area contributed by atoms with E-state index in [1.807, 2.05) is 0 Å². The lowest BCUT2D eigenvalue weighted by Gasteiger charge is -2.23. The minimum Gasteiger partial charge on any atom is -0.772 e. The van der Waals surface area contributed by atoms with Crippen LogP contribution >= 0.6 is 0 Å². The second-order valence-corrected chi connectivity index (χ2v) is 7.45. The summed E-state index contributed by atoms with van der Waals surface area (Å²) in [6.07, 6.45) is 2.20. The lowest BCUT2D eigenvalue weighted by molar-refractivity contribution is 0.0938. The fourth-order valence-electron chi connectivity index (χ4n) is 3.26. The van der Waals surface area contributed by atoms with Crippen LogP contribution < -0.4 is 15.8 Å². The Balaban J connectivity index is 2.19. The number of carbonyl (C=O) groups excluding carboxylic acids is 1.